The Morgan fingerprint density at radius 3 is 2.86 bits per heavy atom. The van der Waals surface area contributed by atoms with Gasteiger partial charge in [-0.2, -0.15) is 0 Å². The van der Waals surface area contributed by atoms with Gasteiger partial charge in [-0.15, -0.1) is 0 Å². The number of aliphatic imine (C=N–C) groups is 1. The summed E-state index contributed by atoms with van der Waals surface area (Å²) in [5.74, 6) is 0.116. The van der Waals surface area contributed by atoms with Crippen molar-refractivity contribution >= 4 is 17.2 Å². The first-order valence-electron chi connectivity index (χ1n) is 4.95. The van der Waals surface area contributed by atoms with Crippen LogP contribution in [-0.4, -0.2) is 11.5 Å². The van der Waals surface area contributed by atoms with Crippen LogP contribution in [0.1, 0.15) is 35.7 Å². The van der Waals surface area contributed by atoms with Crippen LogP contribution in [0.15, 0.2) is 23.2 Å². The Balaban J connectivity index is 2.41. The summed E-state index contributed by atoms with van der Waals surface area (Å²) in [4.78, 5) is 16.1. The van der Waals surface area contributed by atoms with Crippen LogP contribution in [0.25, 0.3) is 0 Å². The van der Waals surface area contributed by atoms with Crippen molar-refractivity contribution in [3.05, 3.63) is 29.3 Å². The van der Waals surface area contributed by atoms with E-state index in [-0.39, 0.29) is 5.78 Å². The van der Waals surface area contributed by atoms with Crippen molar-refractivity contribution < 1.29 is 4.79 Å². The second-order valence-corrected chi connectivity index (χ2v) is 3.66. The molecule has 1 aromatic rings. The van der Waals surface area contributed by atoms with E-state index in [1.54, 1.807) is 0 Å². The number of carbonyl (C=O) groups is 1. The molecule has 0 bridgehead atoms. The molecule has 0 amide bonds. The van der Waals surface area contributed by atoms with Gasteiger partial charge in [-0.1, -0.05) is 25.0 Å². The van der Waals surface area contributed by atoms with E-state index >= 15 is 0 Å². The Morgan fingerprint density at radius 1 is 1.36 bits per heavy atom. The topological polar surface area (TPSA) is 29.4 Å². The van der Waals surface area contributed by atoms with Crippen LogP contribution in [0.3, 0.4) is 0 Å². The first-order chi connectivity index (χ1) is 6.72. The van der Waals surface area contributed by atoms with Crippen LogP contribution in [0.4, 0.5) is 5.69 Å². The maximum absolute atomic E-state index is 11.8. The van der Waals surface area contributed by atoms with E-state index in [0.717, 1.165) is 29.7 Å². The quantitative estimate of drug-likeness (QED) is 0.699. The Bertz CT molecular complexity index is 418. The lowest BCUT2D eigenvalue weighted by atomic mass is 10.0. The molecule has 1 aliphatic heterocycles. The van der Waals surface area contributed by atoms with E-state index in [4.69, 9.17) is 0 Å². The number of ketones is 1. The zero-order chi connectivity index (χ0) is 10.1. The molecule has 2 nitrogen and oxygen atoms in total. The molecule has 1 aromatic carbocycles. The third-order valence-electron chi connectivity index (χ3n) is 2.40. The molecular weight excluding hydrogens is 174 g/mol. The van der Waals surface area contributed by atoms with E-state index in [1.165, 1.54) is 0 Å². The molecule has 0 saturated carbocycles. The van der Waals surface area contributed by atoms with Gasteiger partial charge < -0.3 is 0 Å². The number of aryl methyl sites for hydroxylation is 1. The summed E-state index contributed by atoms with van der Waals surface area (Å²) in [5, 5.41) is 0. The summed E-state index contributed by atoms with van der Waals surface area (Å²) >= 11 is 0. The van der Waals surface area contributed by atoms with E-state index < -0.39 is 0 Å². The fourth-order valence-electron chi connectivity index (χ4n) is 1.69. The molecule has 72 valence electrons. The number of Topliss-reactive ketones (excluding diaryl/α,β-unsaturated/α-hetero) is 1. The lowest BCUT2D eigenvalue weighted by molar-refractivity contribution is 0.106. The Labute approximate surface area is 83.7 Å². The molecule has 0 N–H and O–H groups in total. The highest BCUT2D eigenvalue weighted by Gasteiger charge is 2.23. The van der Waals surface area contributed by atoms with Crippen molar-refractivity contribution in [2.24, 2.45) is 4.99 Å². The molecule has 0 atom stereocenters. The molecule has 0 radical (unpaired) electrons. The van der Waals surface area contributed by atoms with E-state index in [0.29, 0.717) is 5.71 Å². The number of hydrogen-bond acceptors (Lipinski definition) is 2. The number of fused-ring (bicyclic) bond motifs is 1. The van der Waals surface area contributed by atoms with Gasteiger partial charge in [0.2, 0.25) is 5.78 Å². The van der Waals surface area contributed by atoms with Crippen LogP contribution in [0.5, 0.6) is 0 Å². The molecule has 0 aliphatic carbocycles. The normalized spacial score (nSPS) is 14.1. The van der Waals surface area contributed by atoms with Gasteiger partial charge in [-0.05, 0) is 25.5 Å². The monoisotopic (exact) mass is 187 g/mol. The molecule has 14 heavy (non-hydrogen) atoms. The smallest absolute Gasteiger partial charge is 0.209 e. The first-order valence-corrected chi connectivity index (χ1v) is 4.95. The largest absolute Gasteiger partial charge is 0.287 e. The van der Waals surface area contributed by atoms with Crippen LogP contribution in [0.2, 0.25) is 0 Å². The van der Waals surface area contributed by atoms with Crippen molar-refractivity contribution in [1.82, 2.24) is 0 Å². The molecule has 0 aromatic heterocycles. The Kier molecular flexibility index (Phi) is 2.20. The number of carbonyl (C=O) groups excluding carboxylic acids is 1. The third-order valence-corrected chi connectivity index (χ3v) is 2.40. The van der Waals surface area contributed by atoms with Crippen molar-refractivity contribution in [2.45, 2.75) is 26.7 Å². The molecular formula is C12H13NO. The molecule has 0 fully saturated rings. The van der Waals surface area contributed by atoms with Crippen LogP contribution in [-0.2, 0) is 0 Å². The third kappa shape index (κ3) is 1.37. The highest BCUT2D eigenvalue weighted by atomic mass is 16.1. The molecule has 0 spiro atoms. The average molecular weight is 187 g/mol. The summed E-state index contributed by atoms with van der Waals surface area (Å²) in [7, 11) is 0. The minimum atomic E-state index is 0.116. The summed E-state index contributed by atoms with van der Waals surface area (Å²) in [6, 6.07) is 5.83. The zero-order valence-corrected chi connectivity index (χ0v) is 8.50. The second-order valence-electron chi connectivity index (χ2n) is 3.66. The molecule has 0 saturated heterocycles. The molecule has 2 heteroatoms. The minimum absolute atomic E-state index is 0.116. The standard InChI is InChI=1S/C12H13NO/c1-3-4-11-12(14)9-7-8(2)5-6-10(9)13-11/h5-7H,3-4H2,1-2H3. The van der Waals surface area contributed by atoms with E-state index in [1.807, 2.05) is 25.1 Å². The van der Waals surface area contributed by atoms with Crippen molar-refractivity contribution in [1.29, 1.82) is 0 Å². The van der Waals surface area contributed by atoms with Gasteiger partial charge in [0.15, 0.2) is 0 Å². The van der Waals surface area contributed by atoms with Gasteiger partial charge in [-0.3, -0.25) is 4.79 Å². The van der Waals surface area contributed by atoms with Crippen molar-refractivity contribution in [3.63, 3.8) is 0 Å². The summed E-state index contributed by atoms with van der Waals surface area (Å²) < 4.78 is 0. The van der Waals surface area contributed by atoms with Gasteiger partial charge in [-0.25, -0.2) is 4.99 Å². The lowest BCUT2D eigenvalue weighted by Gasteiger charge is -1.96. The first kappa shape index (κ1) is 9.13. The number of rotatable bonds is 2. The highest BCUT2D eigenvalue weighted by Crippen LogP contribution is 2.28. The van der Waals surface area contributed by atoms with Gasteiger partial charge in [0.05, 0.1) is 11.4 Å². The highest BCUT2D eigenvalue weighted by molar-refractivity contribution is 6.49. The zero-order valence-electron chi connectivity index (χ0n) is 8.50. The molecule has 2 rings (SSSR count). The second kappa shape index (κ2) is 3.37. The lowest BCUT2D eigenvalue weighted by Crippen LogP contribution is -2.08. The minimum Gasteiger partial charge on any atom is -0.287 e. The van der Waals surface area contributed by atoms with Gasteiger partial charge >= 0.3 is 0 Å². The van der Waals surface area contributed by atoms with E-state index in [2.05, 4.69) is 11.9 Å². The van der Waals surface area contributed by atoms with Gasteiger partial charge in [0, 0.05) is 5.56 Å². The SMILES string of the molecule is CCCC1=Nc2ccc(C)cc2C1=O. The average Bonchev–Trinajstić information content (AvgIpc) is 2.46. The van der Waals surface area contributed by atoms with Gasteiger partial charge in [0.25, 0.3) is 0 Å². The summed E-state index contributed by atoms with van der Waals surface area (Å²) in [6.45, 7) is 4.05. The Hall–Kier alpha value is -1.44. The number of nitrogens with zero attached hydrogens (tertiary/aromatic N) is 1. The fourth-order valence-corrected chi connectivity index (χ4v) is 1.69. The Morgan fingerprint density at radius 2 is 2.14 bits per heavy atom. The predicted octanol–water partition coefficient (Wildman–Crippen LogP) is 3.06. The maximum atomic E-state index is 11.8. The van der Waals surface area contributed by atoms with Gasteiger partial charge in [0.1, 0.15) is 0 Å². The van der Waals surface area contributed by atoms with Crippen LogP contribution < -0.4 is 0 Å². The molecule has 0 unspecified atom stereocenters. The summed E-state index contributed by atoms with van der Waals surface area (Å²) in [6.07, 6.45) is 1.75. The number of hydrogen-bond donors (Lipinski definition) is 0. The van der Waals surface area contributed by atoms with Crippen molar-refractivity contribution in [3.8, 4) is 0 Å². The van der Waals surface area contributed by atoms with E-state index in [9.17, 15) is 4.79 Å². The predicted molar refractivity (Wildman–Crippen MR) is 57.5 cm³/mol. The van der Waals surface area contributed by atoms with Crippen molar-refractivity contribution in [2.75, 3.05) is 0 Å². The fraction of sp³-hybridized carbons (Fsp3) is 0.333. The molecule has 1 aliphatic rings. The van der Waals surface area contributed by atoms with Crippen LogP contribution in [0, 0.1) is 6.92 Å². The number of benzene rings is 1. The molecule has 1 heterocycles. The van der Waals surface area contributed by atoms with Crippen LogP contribution >= 0.6 is 0 Å². The maximum Gasteiger partial charge on any atom is 0.209 e. The summed E-state index contributed by atoms with van der Waals surface area (Å²) in [5.41, 5.74) is 3.44.